The van der Waals surface area contributed by atoms with Crippen LogP contribution in [-0.4, -0.2) is 28.6 Å². The summed E-state index contributed by atoms with van der Waals surface area (Å²) in [4.78, 5) is 21.4. The molecule has 1 aromatic carbocycles. The van der Waals surface area contributed by atoms with Gasteiger partial charge in [0.05, 0.1) is 17.4 Å². The molecule has 1 rings (SSSR count). The van der Waals surface area contributed by atoms with Crippen molar-refractivity contribution in [1.82, 2.24) is 5.32 Å². The number of aliphatic hydroxyl groups excluding tert-OH is 1. The molecular formula is C11H14N2O4. The van der Waals surface area contributed by atoms with E-state index >= 15 is 0 Å². The van der Waals surface area contributed by atoms with Gasteiger partial charge in [-0.25, -0.2) is 0 Å². The third-order valence-corrected chi connectivity index (χ3v) is 2.08. The minimum Gasteiger partial charge on any atom is -0.392 e. The van der Waals surface area contributed by atoms with Gasteiger partial charge in [-0.05, 0) is 12.5 Å². The van der Waals surface area contributed by atoms with Gasteiger partial charge in [-0.1, -0.05) is 12.1 Å². The van der Waals surface area contributed by atoms with E-state index < -0.39 is 11.0 Å². The van der Waals surface area contributed by atoms with Crippen LogP contribution < -0.4 is 5.32 Å². The molecule has 1 atom stereocenters. The lowest BCUT2D eigenvalue weighted by Gasteiger charge is -2.06. The Kier molecular flexibility index (Phi) is 4.59. The van der Waals surface area contributed by atoms with Gasteiger partial charge in [0.15, 0.2) is 0 Å². The van der Waals surface area contributed by atoms with Crippen molar-refractivity contribution in [3.8, 4) is 0 Å². The molecule has 0 radical (unpaired) electrons. The lowest BCUT2D eigenvalue weighted by atomic mass is 10.1. The maximum absolute atomic E-state index is 11.4. The fourth-order valence-electron chi connectivity index (χ4n) is 1.29. The summed E-state index contributed by atoms with van der Waals surface area (Å²) in [5.74, 6) is -0.272. The van der Waals surface area contributed by atoms with Gasteiger partial charge < -0.3 is 10.4 Å². The average Bonchev–Trinajstić information content (AvgIpc) is 2.26. The number of rotatable bonds is 5. The third kappa shape index (κ3) is 4.60. The summed E-state index contributed by atoms with van der Waals surface area (Å²) in [6, 6.07) is 5.92. The highest BCUT2D eigenvalue weighted by Gasteiger charge is 2.09. The number of non-ortho nitro benzene ring substituents is 1. The molecule has 0 aliphatic heterocycles. The quantitative estimate of drug-likeness (QED) is 0.581. The standard InChI is InChI=1S/C11H14N2O4/c1-8(14)7-12-11(15)6-9-3-2-4-10(5-9)13(16)17/h2-5,8,14H,6-7H2,1H3,(H,12,15). The Morgan fingerprint density at radius 1 is 1.59 bits per heavy atom. The highest BCUT2D eigenvalue weighted by atomic mass is 16.6. The number of nitrogens with one attached hydrogen (secondary N) is 1. The molecule has 6 heteroatoms. The molecule has 1 amide bonds. The molecule has 1 aromatic rings. The summed E-state index contributed by atoms with van der Waals surface area (Å²) in [5, 5.41) is 22.0. The summed E-state index contributed by atoms with van der Waals surface area (Å²) < 4.78 is 0. The van der Waals surface area contributed by atoms with Gasteiger partial charge in [-0.2, -0.15) is 0 Å². The number of nitro benzene ring substituents is 1. The second-order valence-corrected chi connectivity index (χ2v) is 3.76. The maximum Gasteiger partial charge on any atom is 0.269 e. The summed E-state index contributed by atoms with van der Waals surface area (Å²) >= 11 is 0. The van der Waals surface area contributed by atoms with E-state index in [2.05, 4.69) is 5.32 Å². The molecule has 17 heavy (non-hydrogen) atoms. The zero-order valence-electron chi connectivity index (χ0n) is 9.42. The number of hydrogen-bond acceptors (Lipinski definition) is 4. The van der Waals surface area contributed by atoms with Gasteiger partial charge in [-0.3, -0.25) is 14.9 Å². The summed E-state index contributed by atoms with van der Waals surface area (Å²) in [6.07, 6.45) is -0.543. The topological polar surface area (TPSA) is 92.5 Å². The van der Waals surface area contributed by atoms with Crippen molar-refractivity contribution >= 4 is 11.6 Å². The van der Waals surface area contributed by atoms with E-state index in [1.54, 1.807) is 13.0 Å². The van der Waals surface area contributed by atoms with Crippen molar-refractivity contribution in [1.29, 1.82) is 0 Å². The minimum atomic E-state index is -0.607. The van der Waals surface area contributed by atoms with E-state index in [1.807, 2.05) is 0 Å². The highest BCUT2D eigenvalue weighted by molar-refractivity contribution is 5.78. The zero-order valence-corrected chi connectivity index (χ0v) is 9.42. The second kappa shape index (κ2) is 5.95. The lowest BCUT2D eigenvalue weighted by molar-refractivity contribution is -0.384. The average molecular weight is 238 g/mol. The van der Waals surface area contributed by atoms with Crippen LogP contribution in [0.25, 0.3) is 0 Å². The number of nitrogens with zero attached hydrogens (tertiary/aromatic N) is 1. The van der Waals surface area contributed by atoms with Gasteiger partial charge in [0, 0.05) is 18.7 Å². The molecule has 92 valence electrons. The Morgan fingerprint density at radius 3 is 2.88 bits per heavy atom. The van der Waals surface area contributed by atoms with Crippen molar-refractivity contribution in [3.05, 3.63) is 39.9 Å². The molecule has 0 aromatic heterocycles. The molecule has 1 unspecified atom stereocenters. The third-order valence-electron chi connectivity index (χ3n) is 2.08. The highest BCUT2D eigenvalue weighted by Crippen LogP contribution is 2.13. The van der Waals surface area contributed by atoms with Gasteiger partial charge in [0.1, 0.15) is 0 Å². The van der Waals surface area contributed by atoms with Gasteiger partial charge in [0.2, 0.25) is 5.91 Å². The first-order valence-electron chi connectivity index (χ1n) is 5.17. The minimum absolute atomic E-state index is 0.0363. The first-order chi connectivity index (χ1) is 7.99. The van der Waals surface area contributed by atoms with Gasteiger partial charge >= 0.3 is 0 Å². The monoisotopic (exact) mass is 238 g/mol. The number of benzene rings is 1. The van der Waals surface area contributed by atoms with Crippen molar-refractivity contribution in [2.45, 2.75) is 19.4 Å². The van der Waals surface area contributed by atoms with Crippen molar-refractivity contribution in [2.75, 3.05) is 6.54 Å². The number of carbonyl (C=O) groups excluding carboxylic acids is 1. The van der Waals surface area contributed by atoms with Crippen molar-refractivity contribution in [2.24, 2.45) is 0 Å². The molecule has 0 heterocycles. The summed E-state index contributed by atoms with van der Waals surface area (Å²) in [5.41, 5.74) is 0.535. The van der Waals surface area contributed by atoms with Gasteiger partial charge in [-0.15, -0.1) is 0 Å². The van der Waals surface area contributed by atoms with Crippen molar-refractivity contribution in [3.63, 3.8) is 0 Å². The largest absolute Gasteiger partial charge is 0.392 e. The molecule has 0 spiro atoms. The number of nitro groups is 1. The zero-order chi connectivity index (χ0) is 12.8. The Bertz CT molecular complexity index is 418. The first kappa shape index (κ1) is 13.1. The molecule has 0 aliphatic carbocycles. The first-order valence-corrected chi connectivity index (χ1v) is 5.17. The van der Waals surface area contributed by atoms with Crippen LogP contribution in [0.2, 0.25) is 0 Å². The van der Waals surface area contributed by atoms with Crippen LogP contribution in [0.4, 0.5) is 5.69 Å². The Balaban J connectivity index is 2.59. The molecule has 2 N–H and O–H groups in total. The van der Waals surface area contributed by atoms with Crippen LogP contribution in [0.3, 0.4) is 0 Å². The van der Waals surface area contributed by atoms with E-state index in [9.17, 15) is 14.9 Å². The van der Waals surface area contributed by atoms with Crippen LogP contribution in [0, 0.1) is 10.1 Å². The Hall–Kier alpha value is -1.95. The predicted molar refractivity (Wildman–Crippen MR) is 61.5 cm³/mol. The van der Waals surface area contributed by atoms with Gasteiger partial charge in [0.25, 0.3) is 5.69 Å². The normalized spacial score (nSPS) is 11.9. The van der Waals surface area contributed by atoms with E-state index in [1.165, 1.54) is 18.2 Å². The number of carbonyl (C=O) groups is 1. The SMILES string of the molecule is CC(O)CNC(=O)Cc1cccc([N+](=O)[O-])c1. The van der Waals surface area contributed by atoms with Crippen LogP contribution in [-0.2, 0) is 11.2 Å². The van der Waals surface area contributed by atoms with E-state index in [0.29, 0.717) is 5.56 Å². The molecule has 0 aliphatic rings. The molecule has 0 fully saturated rings. The molecule has 0 saturated heterocycles. The number of hydrogen-bond donors (Lipinski definition) is 2. The Morgan fingerprint density at radius 2 is 2.29 bits per heavy atom. The second-order valence-electron chi connectivity index (χ2n) is 3.76. The van der Waals surface area contributed by atoms with E-state index in [-0.39, 0.29) is 24.6 Å². The van der Waals surface area contributed by atoms with Crippen LogP contribution in [0.1, 0.15) is 12.5 Å². The molecule has 0 saturated carbocycles. The lowest BCUT2D eigenvalue weighted by Crippen LogP contribution is -2.31. The summed E-state index contributed by atoms with van der Waals surface area (Å²) in [6.45, 7) is 1.74. The maximum atomic E-state index is 11.4. The number of amides is 1. The molecule has 0 bridgehead atoms. The Labute approximate surface area is 98.4 Å². The fraction of sp³-hybridized carbons (Fsp3) is 0.364. The van der Waals surface area contributed by atoms with Crippen LogP contribution >= 0.6 is 0 Å². The molecule has 6 nitrogen and oxygen atoms in total. The summed E-state index contributed by atoms with van der Waals surface area (Å²) in [7, 11) is 0. The van der Waals surface area contributed by atoms with E-state index in [4.69, 9.17) is 5.11 Å². The van der Waals surface area contributed by atoms with Crippen LogP contribution in [0.5, 0.6) is 0 Å². The smallest absolute Gasteiger partial charge is 0.269 e. The number of aliphatic hydroxyl groups is 1. The van der Waals surface area contributed by atoms with Crippen LogP contribution in [0.15, 0.2) is 24.3 Å². The fourth-order valence-corrected chi connectivity index (χ4v) is 1.29. The molecular weight excluding hydrogens is 224 g/mol. The predicted octanol–water partition coefficient (Wildman–Crippen LogP) is 0.634. The van der Waals surface area contributed by atoms with Crippen molar-refractivity contribution < 1.29 is 14.8 Å². The van der Waals surface area contributed by atoms with E-state index in [0.717, 1.165) is 0 Å².